The lowest BCUT2D eigenvalue weighted by Crippen LogP contribution is -1.96. The van der Waals surface area contributed by atoms with Crippen LogP contribution in [-0.2, 0) is 0 Å². The molecule has 0 N–H and O–H groups in total. The van der Waals surface area contributed by atoms with Gasteiger partial charge in [-0.3, -0.25) is 9.98 Å². The Morgan fingerprint density at radius 1 is 1.19 bits per heavy atom. The van der Waals surface area contributed by atoms with Gasteiger partial charge in [-0.2, -0.15) is 0 Å². The van der Waals surface area contributed by atoms with Gasteiger partial charge in [0.2, 0.25) is 0 Å². The van der Waals surface area contributed by atoms with E-state index >= 15 is 0 Å². The minimum absolute atomic E-state index is 0.282. The Bertz CT molecular complexity index is 506. The van der Waals surface area contributed by atoms with Gasteiger partial charge in [0.1, 0.15) is 5.82 Å². The quantitative estimate of drug-likeness (QED) is 0.703. The summed E-state index contributed by atoms with van der Waals surface area (Å²) in [6.07, 6.45) is 1.71. The largest absolute Gasteiger partial charge is 0.255 e. The van der Waals surface area contributed by atoms with E-state index in [0.717, 1.165) is 11.4 Å². The third kappa shape index (κ3) is 2.51. The van der Waals surface area contributed by atoms with Crippen LogP contribution >= 0.6 is 0 Å². The zero-order chi connectivity index (χ0) is 11.4. The van der Waals surface area contributed by atoms with Crippen LogP contribution in [0.4, 0.5) is 10.1 Å². The molecule has 0 atom stereocenters. The summed E-state index contributed by atoms with van der Waals surface area (Å²) in [5.74, 6) is -0.282. The molecule has 80 valence electrons. The van der Waals surface area contributed by atoms with E-state index in [4.69, 9.17) is 0 Å². The van der Waals surface area contributed by atoms with Gasteiger partial charge < -0.3 is 0 Å². The molecule has 0 aliphatic rings. The summed E-state index contributed by atoms with van der Waals surface area (Å²) in [5, 5.41) is 0. The predicted molar refractivity (Wildman–Crippen MR) is 62.5 cm³/mol. The molecule has 0 bridgehead atoms. The van der Waals surface area contributed by atoms with Crippen molar-refractivity contribution in [3.63, 3.8) is 0 Å². The maximum atomic E-state index is 12.9. The number of benzene rings is 1. The number of halogens is 1. The highest BCUT2D eigenvalue weighted by molar-refractivity contribution is 5.98. The highest BCUT2D eigenvalue weighted by Gasteiger charge is 1.98. The van der Waals surface area contributed by atoms with Crippen LogP contribution < -0.4 is 0 Å². The second kappa shape index (κ2) is 4.66. The Morgan fingerprint density at radius 3 is 2.75 bits per heavy atom. The molecular weight excluding hydrogens is 203 g/mol. The minimum atomic E-state index is -0.282. The van der Waals surface area contributed by atoms with Crippen molar-refractivity contribution >= 4 is 11.4 Å². The Kier molecular flexibility index (Phi) is 3.05. The van der Waals surface area contributed by atoms with Crippen molar-refractivity contribution in [3.8, 4) is 0 Å². The number of hydrogen-bond acceptors (Lipinski definition) is 2. The molecule has 2 nitrogen and oxygen atoms in total. The van der Waals surface area contributed by atoms with Gasteiger partial charge in [-0.1, -0.05) is 12.1 Å². The lowest BCUT2D eigenvalue weighted by Gasteiger charge is -1.99. The molecule has 1 aromatic carbocycles. The normalized spacial score (nSPS) is 11.5. The summed E-state index contributed by atoms with van der Waals surface area (Å²) < 4.78 is 12.9. The van der Waals surface area contributed by atoms with Crippen molar-refractivity contribution in [1.82, 2.24) is 4.98 Å². The van der Waals surface area contributed by atoms with E-state index in [2.05, 4.69) is 9.98 Å². The van der Waals surface area contributed by atoms with Crippen LogP contribution in [0.25, 0.3) is 0 Å². The first-order valence-electron chi connectivity index (χ1n) is 4.98. The molecule has 0 spiro atoms. The molecule has 0 aliphatic heterocycles. The van der Waals surface area contributed by atoms with Crippen molar-refractivity contribution in [3.05, 3.63) is 60.2 Å². The van der Waals surface area contributed by atoms with Gasteiger partial charge in [0.25, 0.3) is 0 Å². The Hall–Kier alpha value is -2.03. The SMILES string of the molecule is CC(=Nc1cccc(F)c1)c1ccccn1. The lowest BCUT2D eigenvalue weighted by atomic mass is 10.2. The number of pyridine rings is 1. The zero-order valence-electron chi connectivity index (χ0n) is 8.89. The first kappa shape index (κ1) is 10.5. The summed E-state index contributed by atoms with van der Waals surface area (Å²) in [5.41, 5.74) is 2.17. The van der Waals surface area contributed by atoms with Gasteiger partial charge in [-0.05, 0) is 37.3 Å². The molecule has 2 aromatic rings. The lowest BCUT2D eigenvalue weighted by molar-refractivity contribution is 0.628. The van der Waals surface area contributed by atoms with E-state index in [-0.39, 0.29) is 5.82 Å². The van der Waals surface area contributed by atoms with Crippen LogP contribution in [0.5, 0.6) is 0 Å². The van der Waals surface area contributed by atoms with Crippen LogP contribution in [0.3, 0.4) is 0 Å². The predicted octanol–water partition coefficient (Wildman–Crippen LogP) is 3.36. The van der Waals surface area contributed by atoms with Crippen LogP contribution in [0.2, 0.25) is 0 Å². The van der Waals surface area contributed by atoms with E-state index in [9.17, 15) is 4.39 Å². The first-order chi connectivity index (χ1) is 7.75. The van der Waals surface area contributed by atoms with E-state index in [1.165, 1.54) is 12.1 Å². The van der Waals surface area contributed by atoms with Gasteiger partial charge in [0.05, 0.1) is 17.1 Å². The van der Waals surface area contributed by atoms with Crippen molar-refractivity contribution in [2.45, 2.75) is 6.92 Å². The van der Waals surface area contributed by atoms with E-state index in [0.29, 0.717) is 5.69 Å². The number of aliphatic imine (C=N–C) groups is 1. The summed E-state index contributed by atoms with van der Waals surface area (Å²) >= 11 is 0. The van der Waals surface area contributed by atoms with Crippen LogP contribution in [0.15, 0.2) is 53.7 Å². The molecule has 3 heteroatoms. The average molecular weight is 214 g/mol. The second-order valence-corrected chi connectivity index (χ2v) is 3.39. The van der Waals surface area contributed by atoms with Crippen molar-refractivity contribution in [1.29, 1.82) is 0 Å². The Labute approximate surface area is 93.5 Å². The van der Waals surface area contributed by atoms with Gasteiger partial charge >= 0.3 is 0 Å². The second-order valence-electron chi connectivity index (χ2n) is 3.39. The third-order valence-corrected chi connectivity index (χ3v) is 2.14. The molecule has 1 aromatic heterocycles. The standard InChI is InChI=1S/C13H11FN2/c1-10(13-7-2-3-8-15-13)16-12-6-4-5-11(14)9-12/h2-9H,1H3. The summed E-state index contributed by atoms with van der Waals surface area (Å²) in [7, 11) is 0. The highest BCUT2D eigenvalue weighted by atomic mass is 19.1. The van der Waals surface area contributed by atoms with Crippen molar-refractivity contribution in [2.24, 2.45) is 4.99 Å². The molecule has 0 radical (unpaired) electrons. The topological polar surface area (TPSA) is 25.2 Å². The average Bonchev–Trinajstić information content (AvgIpc) is 2.30. The van der Waals surface area contributed by atoms with Crippen LogP contribution in [0, 0.1) is 5.82 Å². The van der Waals surface area contributed by atoms with Gasteiger partial charge in [-0.15, -0.1) is 0 Å². The van der Waals surface area contributed by atoms with Gasteiger partial charge in [0, 0.05) is 6.20 Å². The zero-order valence-corrected chi connectivity index (χ0v) is 8.89. The van der Waals surface area contributed by atoms with E-state index in [1.54, 1.807) is 18.3 Å². The molecular formula is C13H11FN2. The highest BCUT2D eigenvalue weighted by Crippen LogP contribution is 2.14. The van der Waals surface area contributed by atoms with Crippen molar-refractivity contribution in [2.75, 3.05) is 0 Å². The molecule has 16 heavy (non-hydrogen) atoms. The monoisotopic (exact) mass is 214 g/mol. The number of hydrogen-bond donors (Lipinski definition) is 0. The van der Waals surface area contributed by atoms with E-state index < -0.39 is 0 Å². The maximum absolute atomic E-state index is 12.9. The number of nitrogens with zero attached hydrogens (tertiary/aromatic N) is 2. The Balaban J connectivity index is 2.32. The first-order valence-corrected chi connectivity index (χ1v) is 4.98. The minimum Gasteiger partial charge on any atom is -0.255 e. The van der Waals surface area contributed by atoms with Crippen molar-refractivity contribution < 1.29 is 4.39 Å². The fraction of sp³-hybridized carbons (Fsp3) is 0.0769. The fourth-order valence-electron chi connectivity index (χ4n) is 1.37. The molecule has 0 aliphatic carbocycles. The maximum Gasteiger partial charge on any atom is 0.125 e. The molecule has 0 fully saturated rings. The number of aromatic nitrogens is 1. The summed E-state index contributed by atoms with van der Waals surface area (Å²) in [6.45, 7) is 1.85. The number of rotatable bonds is 2. The summed E-state index contributed by atoms with van der Waals surface area (Å²) in [4.78, 5) is 8.48. The smallest absolute Gasteiger partial charge is 0.125 e. The fourth-order valence-corrected chi connectivity index (χ4v) is 1.37. The third-order valence-electron chi connectivity index (χ3n) is 2.14. The molecule has 0 amide bonds. The molecule has 1 heterocycles. The molecule has 0 saturated carbocycles. The van der Waals surface area contributed by atoms with Gasteiger partial charge in [-0.25, -0.2) is 4.39 Å². The Morgan fingerprint density at radius 2 is 2.06 bits per heavy atom. The summed E-state index contributed by atoms with van der Waals surface area (Å²) in [6, 6.07) is 11.8. The molecule has 0 unspecified atom stereocenters. The molecule has 2 rings (SSSR count). The van der Waals surface area contributed by atoms with Gasteiger partial charge in [0.15, 0.2) is 0 Å². The van der Waals surface area contributed by atoms with Crippen LogP contribution in [0.1, 0.15) is 12.6 Å². The van der Waals surface area contributed by atoms with Crippen LogP contribution in [-0.4, -0.2) is 10.7 Å². The molecule has 0 saturated heterocycles. The van der Waals surface area contributed by atoms with E-state index in [1.807, 2.05) is 25.1 Å².